The molecule has 0 aliphatic rings. The summed E-state index contributed by atoms with van der Waals surface area (Å²) in [6.07, 6.45) is 0. The van der Waals surface area contributed by atoms with Crippen LogP contribution in [-0.2, 0) is 32.5 Å². The molecule has 0 heterocycles. The van der Waals surface area contributed by atoms with E-state index in [0.29, 0.717) is 15.1 Å². The minimum absolute atomic E-state index is 0.167. The molecule has 0 aromatic heterocycles. The standard InChI is InChI=1S/C131H159Cl3N6Si6/c1-90-36-50-97(51-37-90)135(104-64-74-109(75-65-104)141(20,21)22)117-84-114(85-118(123(117)132)136(98-52-38-91(39-53-98)126(2,3)4)99-54-40-92(41-55-99)127(5,6)7)146(35,115-86-119(137(100-56-42-93(43-57-100)128(8,9)10)101-58-44-94(45-59-101)129(11,12)13)124(133)121(88-115)139(105-66-76-110(77-67-105)142(23,24)25)106-68-78-111(79-69-106)143(26,27)28)116-87-120(138(102-60-46-95(47-61-102)130(14,15)16)103-62-48-96(49-63-103)131(17,18)19)125(134)122(89-116)140(107-70-80-112(81-71-107)144(29,30)31)108-72-82-113(83-73-108)145(32,33)34/h36-89H,1-35H3. The second kappa shape index (κ2) is 41.0. The molecule has 15 rings (SSSR count). The Balaban J connectivity index is 1.25. The molecule has 6 nitrogen and oxygen atoms in total. The average Bonchev–Trinajstić information content (AvgIpc) is 0.712. The lowest BCUT2D eigenvalue weighted by Crippen LogP contribution is -2.65. The first-order valence-electron chi connectivity index (χ1n) is 52.4. The number of benzene rings is 15. The Morgan fingerprint density at radius 2 is 0.267 bits per heavy atom. The van der Waals surface area contributed by atoms with E-state index in [1.165, 1.54) is 59.3 Å². The Labute approximate surface area is 899 Å². The minimum atomic E-state index is -4.31. The summed E-state index contributed by atoms with van der Waals surface area (Å²) in [4.78, 5) is 14.7. The normalized spacial score (nSPS) is 12.9. The zero-order valence-electron chi connectivity index (χ0n) is 94.0. The largest absolute Gasteiger partial charge is 0.309 e. The van der Waals surface area contributed by atoms with Crippen LogP contribution in [0.2, 0.25) is 120 Å². The van der Waals surface area contributed by atoms with Crippen molar-refractivity contribution in [2.45, 2.75) is 269 Å². The molecule has 758 valence electrons. The first kappa shape index (κ1) is 109. The highest BCUT2D eigenvalue weighted by atomic mass is 35.5. The summed E-state index contributed by atoms with van der Waals surface area (Å²) in [6.45, 7) is 82.9. The van der Waals surface area contributed by atoms with Crippen LogP contribution in [0.25, 0.3) is 0 Å². The Morgan fingerprint density at radius 3 is 0.377 bits per heavy atom. The maximum atomic E-state index is 9.26. The van der Waals surface area contributed by atoms with E-state index in [1.807, 2.05) is 0 Å². The lowest BCUT2D eigenvalue weighted by atomic mass is 9.86. The number of anilines is 18. The van der Waals surface area contributed by atoms with E-state index in [2.05, 4.69) is 593 Å². The van der Waals surface area contributed by atoms with Gasteiger partial charge in [0, 0.05) is 68.2 Å². The third kappa shape index (κ3) is 23.8. The SMILES string of the molecule is Cc1ccc(N(c2ccc([Si](C)(C)C)cc2)c2cc([Si](C)(c3cc(N(c4ccc(C(C)(C)C)cc4)c4ccc(C(C)(C)C)cc4)c(Cl)c(N(c4ccc([Si](C)(C)C)cc4)c4ccc([Si](C)(C)C)cc4)c3)c3cc(N(c4ccc(C(C)(C)C)cc4)c4ccc(C(C)(C)C)cc4)c(Cl)c(N(c4ccc([Si](C)(C)C)cc4)c4ccc([Si](C)(C)C)cc4)c3)cc(N(c3ccc(C(C)(C)C)cc3)c3ccc(C(C)(C)C)cc3)c2Cl)cc1. The molecule has 0 fully saturated rings. The second-order valence-electron chi connectivity index (χ2n) is 52.2. The smallest absolute Gasteiger partial charge is 0.146 e. The van der Waals surface area contributed by atoms with Crippen molar-refractivity contribution >= 4 is 227 Å². The molecule has 0 aliphatic carbocycles. The predicted octanol–water partition coefficient (Wildman–Crippen LogP) is 36.4. The fourth-order valence-corrected chi connectivity index (χ4v) is 29.8. The van der Waals surface area contributed by atoms with Crippen molar-refractivity contribution < 1.29 is 0 Å². The van der Waals surface area contributed by atoms with Gasteiger partial charge in [-0.2, -0.15) is 0 Å². The fraction of sp³-hybridized carbons (Fsp3) is 0.313. The Hall–Kier alpha value is -10.7. The van der Waals surface area contributed by atoms with Gasteiger partial charge in [-0.15, -0.1) is 0 Å². The summed E-state index contributed by atoms with van der Waals surface area (Å²) in [5, 5.41) is 11.6. The number of nitrogens with zero attached hydrogens (tertiary/aromatic N) is 6. The van der Waals surface area contributed by atoms with Crippen LogP contribution in [0, 0.1) is 6.92 Å². The molecule has 15 aromatic rings. The molecule has 0 radical (unpaired) electrons. The van der Waals surface area contributed by atoms with Crippen LogP contribution in [-0.4, -0.2) is 48.4 Å². The summed E-state index contributed by atoms with van der Waals surface area (Å²) in [6, 6.07) is 127. The maximum Gasteiger partial charge on any atom is 0.146 e. The van der Waals surface area contributed by atoms with Crippen LogP contribution in [0.4, 0.5) is 102 Å². The van der Waals surface area contributed by atoms with Gasteiger partial charge in [-0.3, -0.25) is 0 Å². The quantitative estimate of drug-likeness (QED) is 0.0395. The van der Waals surface area contributed by atoms with E-state index in [-0.39, 0.29) is 32.5 Å². The van der Waals surface area contributed by atoms with Crippen molar-refractivity contribution in [2.24, 2.45) is 0 Å². The Bertz CT molecular complexity index is 6260. The first-order chi connectivity index (χ1) is 67.8. The van der Waals surface area contributed by atoms with Gasteiger partial charge in [0.2, 0.25) is 0 Å². The van der Waals surface area contributed by atoms with Crippen molar-refractivity contribution in [3.8, 4) is 0 Å². The summed E-state index contributed by atoms with van der Waals surface area (Å²) in [7, 11) is -13.8. The topological polar surface area (TPSA) is 19.4 Å². The Kier molecular flexibility index (Phi) is 30.7. The lowest BCUT2D eigenvalue weighted by molar-refractivity contribution is 0.590. The molecule has 0 amide bonds. The van der Waals surface area contributed by atoms with E-state index in [4.69, 9.17) is 0 Å². The van der Waals surface area contributed by atoms with Gasteiger partial charge < -0.3 is 29.4 Å². The molecule has 0 unspecified atom stereocenters. The van der Waals surface area contributed by atoms with Crippen LogP contribution < -0.4 is 70.9 Å². The minimum Gasteiger partial charge on any atom is -0.309 e. The van der Waals surface area contributed by atoms with Crippen molar-refractivity contribution in [2.75, 3.05) is 29.4 Å². The third-order valence-electron chi connectivity index (χ3n) is 29.5. The highest BCUT2D eigenvalue weighted by Gasteiger charge is 2.43. The van der Waals surface area contributed by atoms with Gasteiger partial charge in [-0.1, -0.05) is 441 Å². The second-order valence-corrected chi connectivity index (χ2v) is 82.7. The average molecular weight is 2090 g/mol. The number of hydrogen-bond acceptors (Lipinski definition) is 6. The molecule has 0 atom stereocenters. The maximum absolute atomic E-state index is 9.26. The van der Waals surface area contributed by atoms with Gasteiger partial charge in [0.05, 0.1) is 89.6 Å². The lowest BCUT2D eigenvalue weighted by Gasteiger charge is -2.39. The fourth-order valence-electron chi connectivity index (χ4n) is 19.6. The van der Waals surface area contributed by atoms with Gasteiger partial charge in [0.15, 0.2) is 0 Å². The number of aryl methyl sites for hydroxylation is 1. The van der Waals surface area contributed by atoms with E-state index < -0.39 is 48.4 Å². The molecular formula is C131H159Cl3N6Si6. The monoisotopic (exact) mass is 2090 g/mol. The molecule has 15 heteroatoms. The Morgan fingerprint density at radius 1 is 0.158 bits per heavy atom. The van der Waals surface area contributed by atoms with Gasteiger partial charge in [-0.25, -0.2) is 0 Å². The van der Waals surface area contributed by atoms with E-state index in [1.54, 1.807) is 0 Å². The van der Waals surface area contributed by atoms with Crippen molar-refractivity contribution in [1.82, 2.24) is 0 Å². The van der Waals surface area contributed by atoms with Gasteiger partial charge >= 0.3 is 0 Å². The summed E-state index contributed by atoms with van der Waals surface area (Å²) < 4.78 is 0. The molecular weight excluding hydrogens is 1930 g/mol. The number of rotatable bonds is 26. The highest BCUT2D eigenvalue weighted by Crippen LogP contribution is 2.54. The highest BCUT2D eigenvalue weighted by molar-refractivity contribution is 7.11. The van der Waals surface area contributed by atoms with Gasteiger partial charge in [-0.05, 0) is 270 Å². The van der Waals surface area contributed by atoms with Crippen LogP contribution in [0.1, 0.15) is 164 Å². The molecule has 15 aromatic carbocycles. The molecule has 0 saturated heterocycles. The van der Waals surface area contributed by atoms with Gasteiger partial charge in [0.1, 0.15) is 8.07 Å². The first-order valence-corrected chi connectivity index (χ1v) is 73.5. The van der Waals surface area contributed by atoms with Crippen molar-refractivity contribution in [1.29, 1.82) is 0 Å². The molecule has 0 saturated carbocycles. The van der Waals surface area contributed by atoms with Crippen LogP contribution in [0.3, 0.4) is 0 Å². The molecule has 0 aliphatic heterocycles. The van der Waals surface area contributed by atoms with E-state index in [9.17, 15) is 34.8 Å². The predicted molar refractivity (Wildman–Crippen MR) is 665 cm³/mol. The molecule has 0 bridgehead atoms. The van der Waals surface area contributed by atoms with Crippen molar-refractivity contribution in [3.05, 3.63) is 382 Å². The number of hydrogen-bond donors (Lipinski definition) is 0. The zero-order chi connectivity index (χ0) is 106. The van der Waals surface area contributed by atoms with Crippen LogP contribution in [0.15, 0.2) is 328 Å². The van der Waals surface area contributed by atoms with E-state index in [0.717, 1.165) is 123 Å². The van der Waals surface area contributed by atoms with Crippen molar-refractivity contribution in [3.63, 3.8) is 0 Å². The van der Waals surface area contributed by atoms with Crippen LogP contribution in [0.5, 0.6) is 0 Å². The van der Waals surface area contributed by atoms with E-state index >= 15 is 0 Å². The molecule has 0 spiro atoms. The van der Waals surface area contributed by atoms with Crippen LogP contribution >= 0.6 is 34.8 Å². The molecule has 0 N–H and O–H groups in total. The molecule has 146 heavy (non-hydrogen) atoms. The zero-order valence-corrected chi connectivity index (χ0v) is 102. The third-order valence-corrected chi connectivity index (χ3v) is 45.3. The summed E-state index contributed by atoms with van der Waals surface area (Å²) in [5.41, 5.74) is 23.8. The summed E-state index contributed by atoms with van der Waals surface area (Å²) >= 11 is 27.7. The van der Waals surface area contributed by atoms with Gasteiger partial charge in [0.25, 0.3) is 0 Å². The summed E-state index contributed by atoms with van der Waals surface area (Å²) in [5.74, 6) is 0. The number of halogens is 3.